The molecule has 0 bridgehead atoms. The Morgan fingerprint density at radius 2 is 2.00 bits per heavy atom. The lowest BCUT2D eigenvalue weighted by Gasteiger charge is -2.24. The van der Waals surface area contributed by atoms with Crippen molar-refractivity contribution in [3.63, 3.8) is 0 Å². The summed E-state index contributed by atoms with van der Waals surface area (Å²) in [7, 11) is 0. The highest BCUT2D eigenvalue weighted by Crippen LogP contribution is 2.34. The number of hydrogen-bond donors (Lipinski definition) is 1. The molecule has 1 aromatic heterocycles. The van der Waals surface area contributed by atoms with Crippen LogP contribution in [-0.2, 0) is 0 Å². The first-order valence-electron chi connectivity index (χ1n) is 8.22. The summed E-state index contributed by atoms with van der Waals surface area (Å²) >= 11 is 1.67. The van der Waals surface area contributed by atoms with Gasteiger partial charge in [-0.3, -0.25) is 9.69 Å². The molecule has 2 aliphatic heterocycles. The van der Waals surface area contributed by atoms with E-state index in [1.807, 2.05) is 29.2 Å². The van der Waals surface area contributed by atoms with Gasteiger partial charge in [0.1, 0.15) is 0 Å². The third-order valence-corrected chi connectivity index (χ3v) is 5.43. The molecule has 0 radical (unpaired) electrons. The number of anilines is 1. The van der Waals surface area contributed by atoms with Gasteiger partial charge < -0.3 is 10.2 Å². The van der Waals surface area contributed by atoms with E-state index in [0.717, 1.165) is 25.1 Å². The molecule has 24 heavy (non-hydrogen) atoms. The monoisotopic (exact) mass is 341 g/mol. The van der Waals surface area contributed by atoms with Gasteiger partial charge in [0, 0.05) is 30.9 Å². The standard InChI is InChI=1S/C18H19N3O2S/c22-17(21-9-1-2-16(21)14-7-11-24-12-14)13-3-5-15(6-4-13)20-10-8-19-18(20)23/h3-7,11-12,16H,1-2,8-10H2,(H,19,23)/t16-/m0/s1. The predicted octanol–water partition coefficient (Wildman–Crippen LogP) is 3.26. The summed E-state index contributed by atoms with van der Waals surface area (Å²) < 4.78 is 0. The Morgan fingerprint density at radius 3 is 2.67 bits per heavy atom. The van der Waals surface area contributed by atoms with Gasteiger partial charge in [-0.2, -0.15) is 11.3 Å². The van der Waals surface area contributed by atoms with E-state index in [1.54, 1.807) is 16.2 Å². The van der Waals surface area contributed by atoms with Crippen LogP contribution in [0, 0.1) is 0 Å². The number of carbonyl (C=O) groups excluding carboxylic acids is 2. The Bertz CT molecular complexity index is 742. The topological polar surface area (TPSA) is 52.7 Å². The average Bonchev–Trinajstić information content (AvgIpc) is 3.35. The van der Waals surface area contributed by atoms with Crippen molar-refractivity contribution in [1.82, 2.24) is 10.2 Å². The van der Waals surface area contributed by atoms with Gasteiger partial charge >= 0.3 is 6.03 Å². The minimum Gasteiger partial charge on any atom is -0.336 e. The normalized spacial score (nSPS) is 20.5. The SMILES string of the molecule is O=C1NCCN1c1ccc(C(=O)N2CCC[C@H]2c2ccsc2)cc1. The summed E-state index contributed by atoms with van der Waals surface area (Å²) in [6.07, 6.45) is 2.06. The minimum absolute atomic E-state index is 0.0705. The van der Waals surface area contributed by atoms with Gasteiger partial charge in [0.25, 0.3) is 5.91 Å². The van der Waals surface area contributed by atoms with E-state index in [2.05, 4.69) is 22.1 Å². The van der Waals surface area contributed by atoms with Crippen molar-refractivity contribution >= 4 is 29.0 Å². The number of nitrogens with one attached hydrogen (secondary N) is 1. The molecular weight excluding hydrogens is 322 g/mol. The molecule has 1 N–H and O–H groups in total. The maximum Gasteiger partial charge on any atom is 0.321 e. The number of carbonyl (C=O) groups is 2. The predicted molar refractivity (Wildman–Crippen MR) is 94.5 cm³/mol. The van der Waals surface area contributed by atoms with Gasteiger partial charge in [-0.25, -0.2) is 4.79 Å². The molecule has 3 heterocycles. The molecule has 0 aliphatic carbocycles. The maximum atomic E-state index is 12.9. The maximum absolute atomic E-state index is 12.9. The van der Waals surface area contributed by atoms with Crippen molar-refractivity contribution in [2.75, 3.05) is 24.5 Å². The van der Waals surface area contributed by atoms with Crippen molar-refractivity contribution < 1.29 is 9.59 Å². The van der Waals surface area contributed by atoms with Crippen molar-refractivity contribution in [3.05, 3.63) is 52.2 Å². The molecule has 3 amide bonds. The second kappa shape index (κ2) is 6.28. The third kappa shape index (κ3) is 2.67. The number of urea groups is 1. The molecule has 2 saturated heterocycles. The summed E-state index contributed by atoms with van der Waals surface area (Å²) in [6.45, 7) is 2.13. The number of amides is 3. The third-order valence-electron chi connectivity index (χ3n) is 4.72. The second-order valence-corrected chi connectivity index (χ2v) is 6.92. The van der Waals surface area contributed by atoms with E-state index >= 15 is 0 Å². The van der Waals surface area contributed by atoms with Crippen molar-refractivity contribution in [2.24, 2.45) is 0 Å². The summed E-state index contributed by atoms with van der Waals surface area (Å²) in [5, 5.41) is 6.98. The molecule has 124 valence electrons. The molecule has 5 nitrogen and oxygen atoms in total. The Kier molecular flexibility index (Phi) is 3.98. The van der Waals surface area contributed by atoms with E-state index in [1.165, 1.54) is 5.56 Å². The van der Waals surface area contributed by atoms with Crippen LogP contribution in [0.5, 0.6) is 0 Å². The number of hydrogen-bond acceptors (Lipinski definition) is 3. The van der Waals surface area contributed by atoms with Crippen LogP contribution < -0.4 is 10.2 Å². The van der Waals surface area contributed by atoms with Crippen LogP contribution in [0.15, 0.2) is 41.1 Å². The van der Waals surface area contributed by atoms with E-state index in [4.69, 9.17) is 0 Å². The van der Waals surface area contributed by atoms with E-state index in [9.17, 15) is 9.59 Å². The smallest absolute Gasteiger partial charge is 0.321 e. The van der Waals surface area contributed by atoms with Gasteiger partial charge in [0.15, 0.2) is 0 Å². The first kappa shape index (κ1) is 15.2. The molecule has 0 unspecified atom stereocenters. The zero-order valence-electron chi connectivity index (χ0n) is 13.3. The zero-order chi connectivity index (χ0) is 16.5. The average molecular weight is 341 g/mol. The van der Waals surface area contributed by atoms with Crippen LogP contribution in [0.4, 0.5) is 10.5 Å². The van der Waals surface area contributed by atoms with Crippen molar-refractivity contribution in [1.29, 1.82) is 0 Å². The van der Waals surface area contributed by atoms with Crippen LogP contribution in [0.1, 0.15) is 34.8 Å². The molecular formula is C18H19N3O2S. The highest BCUT2D eigenvalue weighted by atomic mass is 32.1. The lowest BCUT2D eigenvalue weighted by Crippen LogP contribution is -2.30. The molecule has 2 aliphatic rings. The van der Waals surface area contributed by atoms with Gasteiger partial charge in [0.2, 0.25) is 0 Å². The van der Waals surface area contributed by atoms with Crippen LogP contribution in [0.2, 0.25) is 0 Å². The molecule has 1 aromatic carbocycles. The zero-order valence-corrected chi connectivity index (χ0v) is 14.1. The summed E-state index contributed by atoms with van der Waals surface area (Å²) in [5.41, 5.74) is 2.74. The highest BCUT2D eigenvalue weighted by Gasteiger charge is 2.31. The number of benzene rings is 1. The lowest BCUT2D eigenvalue weighted by molar-refractivity contribution is 0.0736. The van der Waals surface area contributed by atoms with Crippen LogP contribution in [0.25, 0.3) is 0 Å². The Labute approximate surface area is 144 Å². The van der Waals surface area contributed by atoms with E-state index < -0.39 is 0 Å². The van der Waals surface area contributed by atoms with Crippen LogP contribution in [0.3, 0.4) is 0 Å². The molecule has 0 spiro atoms. The summed E-state index contributed by atoms with van der Waals surface area (Å²) in [5.74, 6) is 0.0705. The summed E-state index contributed by atoms with van der Waals surface area (Å²) in [6, 6.07) is 9.58. The van der Waals surface area contributed by atoms with E-state index in [-0.39, 0.29) is 18.0 Å². The molecule has 2 aromatic rings. The van der Waals surface area contributed by atoms with Crippen molar-refractivity contribution in [2.45, 2.75) is 18.9 Å². The number of nitrogens with zero attached hydrogens (tertiary/aromatic N) is 2. The van der Waals surface area contributed by atoms with Crippen molar-refractivity contribution in [3.8, 4) is 0 Å². The van der Waals surface area contributed by atoms with E-state index in [0.29, 0.717) is 18.7 Å². The van der Waals surface area contributed by atoms with Gasteiger partial charge in [-0.05, 0) is 59.5 Å². The Morgan fingerprint density at radius 1 is 1.17 bits per heavy atom. The first-order chi connectivity index (χ1) is 11.7. The highest BCUT2D eigenvalue weighted by molar-refractivity contribution is 7.08. The fourth-order valence-corrected chi connectivity index (χ4v) is 4.20. The Hall–Kier alpha value is -2.34. The minimum atomic E-state index is -0.0776. The molecule has 0 saturated carbocycles. The quantitative estimate of drug-likeness (QED) is 0.932. The van der Waals surface area contributed by atoms with Gasteiger partial charge in [-0.1, -0.05) is 0 Å². The molecule has 1 atom stereocenters. The molecule has 2 fully saturated rings. The summed E-state index contributed by atoms with van der Waals surface area (Å²) in [4.78, 5) is 28.3. The fraction of sp³-hybridized carbons (Fsp3) is 0.333. The second-order valence-electron chi connectivity index (χ2n) is 6.14. The number of thiophene rings is 1. The Balaban J connectivity index is 1.53. The molecule has 4 rings (SSSR count). The number of likely N-dealkylation sites (tertiary alicyclic amines) is 1. The first-order valence-corrected chi connectivity index (χ1v) is 9.17. The van der Waals surface area contributed by atoms with Crippen LogP contribution in [-0.4, -0.2) is 36.5 Å². The van der Waals surface area contributed by atoms with Gasteiger partial charge in [0.05, 0.1) is 6.04 Å². The lowest BCUT2D eigenvalue weighted by atomic mass is 10.1. The fourth-order valence-electron chi connectivity index (χ4n) is 3.49. The van der Waals surface area contributed by atoms with Gasteiger partial charge in [-0.15, -0.1) is 0 Å². The van der Waals surface area contributed by atoms with Crippen LogP contribution >= 0.6 is 11.3 Å². The largest absolute Gasteiger partial charge is 0.336 e. The molecule has 6 heteroatoms. The number of rotatable bonds is 3.